The summed E-state index contributed by atoms with van der Waals surface area (Å²) in [6.07, 6.45) is -0.229. The minimum Gasteiger partial charge on any atom is -0.465 e. The lowest BCUT2D eigenvalue weighted by Crippen LogP contribution is -2.48. The number of rotatable bonds is 3. The Morgan fingerprint density at radius 2 is 2.00 bits per heavy atom. The lowest BCUT2D eigenvalue weighted by molar-refractivity contribution is -0.105. The maximum Gasteiger partial charge on any atom is 0.407 e. The van der Waals surface area contributed by atoms with Gasteiger partial charge in [0.05, 0.1) is 0 Å². The van der Waals surface area contributed by atoms with Crippen molar-refractivity contribution in [2.75, 3.05) is 36.4 Å². The van der Waals surface area contributed by atoms with Gasteiger partial charge >= 0.3 is 6.09 Å². The Kier molecular flexibility index (Phi) is 3.66. The van der Waals surface area contributed by atoms with E-state index >= 15 is 0 Å². The van der Waals surface area contributed by atoms with E-state index in [1.165, 1.54) is 4.90 Å². The molecule has 0 atom stereocenters. The number of benzene rings is 1. The maximum atomic E-state index is 10.8. The molecule has 0 bridgehead atoms. The summed E-state index contributed by atoms with van der Waals surface area (Å²) in [4.78, 5) is 24.7. The number of hydrogen-bond acceptors (Lipinski definition) is 3. The SMILES string of the molecule is O=CNc1cccc(N2CCN(C(=O)O)CC2)c1. The lowest BCUT2D eigenvalue weighted by atomic mass is 10.2. The van der Waals surface area contributed by atoms with Crippen LogP contribution in [0.1, 0.15) is 0 Å². The zero-order valence-electron chi connectivity index (χ0n) is 9.87. The number of carbonyl (C=O) groups is 2. The van der Waals surface area contributed by atoms with E-state index < -0.39 is 6.09 Å². The van der Waals surface area contributed by atoms with Crippen LogP contribution in [0.5, 0.6) is 0 Å². The summed E-state index contributed by atoms with van der Waals surface area (Å²) < 4.78 is 0. The Bertz CT molecular complexity index is 442. The van der Waals surface area contributed by atoms with Crippen molar-refractivity contribution in [3.63, 3.8) is 0 Å². The smallest absolute Gasteiger partial charge is 0.407 e. The van der Waals surface area contributed by atoms with Gasteiger partial charge in [0.25, 0.3) is 0 Å². The molecule has 2 N–H and O–H groups in total. The van der Waals surface area contributed by atoms with Gasteiger partial charge in [-0.15, -0.1) is 0 Å². The molecule has 1 saturated heterocycles. The van der Waals surface area contributed by atoms with E-state index in [1.54, 1.807) is 0 Å². The largest absolute Gasteiger partial charge is 0.465 e. The molecule has 1 aromatic carbocycles. The van der Waals surface area contributed by atoms with Crippen LogP contribution in [0.2, 0.25) is 0 Å². The van der Waals surface area contributed by atoms with Crippen LogP contribution in [-0.2, 0) is 4.79 Å². The van der Waals surface area contributed by atoms with Crippen molar-refractivity contribution in [3.8, 4) is 0 Å². The normalized spacial score (nSPS) is 15.3. The highest BCUT2D eigenvalue weighted by atomic mass is 16.4. The first kappa shape index (κ1) is 12.2. The first-order chi connectivity index (χ1) is 8.70. The average molecular weight is 249 g/mol. The second kappa shape index (κ2) is 5.39. The van der Waals surface area contributed by atoms with Crippen LogP contribution >= 0.6 is 0 Å². The van der Waals surface area contributed by atoms with E-state index in [2.05, 4.69) is 10.2 Å². The van der Waals surface area contributed by atoms with Gasteiger partial charge in [-0.1, -0.05) is 6.07 Å². The average Bonchev–Trinajstić information content (AvgIpc) is 2.39. The van der Waals surface area contributed by atoms with Crippen molar-refractivity contribution in [2.45, 2.75) is 0 Å². The van der Waals surface area contributed by atoms with E-state index in [4.69, 9.17) is 5.11 Å². The van der Waals surface area contributed by atoms with Crippen molar-refractivity contribution in [1.82, 2.24) is 4.90 Å². The minimum absolute atomic E-state index is 0.501. The van der Waals surface area contributed by atoms with Gasteiger partial charge in [0.2, 0.25) is 6.41 Å². The van der Waals surface area contributed by atoms with Crippen molar-refractivity contribution in [2.24, 2.45) is 0 Å². The molecule has 0 saturated carbocycles. The van der Waals surface area contributed by atoms with Crippen LogP contribution < -0.4 is 10.2 Å². The number of hydrogen-bond donors (Lipinski definition) is 2. The number of amides is 2. The van der Waals surface area contributed by atoms with Crippen molar-refractivity contribution in [1.29, 1.82) is 0 Å². The number of carboxylic acid groups (broad SMARTS) is 1. The second-order valence-corrected chi connectivity index (χ2v) is 4.07. The van der Waals surface area contributed by atoms with Gasteiger partial charge in [0.15, 0.2) is 0 Å². The molecule has 6 nitrogen and oxygen atoms in total. The molecular weight excluding hydrogens is 234 g/mol. The molecule has 1 aliphatic rings. The fourth-order valence-electron chi connectivity index (χ4n) is 2.02. The van der Waals surface area contributed by atoms with E-state index in [0.29, 0.717) is 32.6 Å². The van der Waals surface area contributed by atoms with Crippen molar-refractivity contribution in [3.05, 3.63) is 24.3 Å². The van der Waals surface area contributed by atoms with E-state index in [9.17, 15) is 9.59 Å². The fraction of sp³-hybridized carbons (Fsp3) is 0.333. The topological polar surface area (TPSA) is 72.9 Å². The van der Waals surface area contributed by atoms with Crippen LogP contribution in [0.25, 0.3) is 0 Å². The molecule has 1 heterocycles. The Morgan fingerprint density at radius 1 is 1.28 bits per heavy atom. The molecule has 2 amide bonds. The van der Waals surface area contributed by atoms with Gasteiger partial charge in [0, 0.05) is 37.6 Å². The molecule has 0 aromatic heterocycles. The summed E-state index contributed by atoms with van der Waals surface area (Å²) in [5.74, 6) is 0. The van der Waals surface area contributed by atoms with E-state index in [1.807, 2.05) is 24.3 Å². The Balaban J connectivity index is 2.02. The van der Waals surface area contributed by atoms with Gasteiger partial charge in [0.1, 0.15) is 0 Å². The molecule has 18 heavy (non-hydrogen) atoms. The number of anilines is 2. The first-order valence-corrected chi connectivity index (χ1v) is 5.74. The predicted octanol–water partition coefficient (Wildman–Crippen LogP) is 1.05. The van der Waals surface area contributed by atoms with Crippen LogP contribution in [0.3, 0.4) is 0 Å². The van der Waals surface area contributed by atoms with Crippen LogP contribution in [0.15, 0.2) is 24.3 Å². The third-order valence-corrected chi connectivity index (χ3v) is 2.99. The summed E-state index contributed by atoms with van der Waals surface area (Å²) in [5.41, 5.74) is 1.73. The molecular formula is C12H15N3O3. The maximum absolute atomic E-state index is 10.8. The summed E-state index contributed by atoms with van der Waals surface area (Å²) >= 11 is 0. The predicted molar refractivity (Wildman–Crippen MR) is 67.9 cm³/mol. The summed E-state index contributed by atoms with van der Waals surface area (Å²) in [6.45, 7) is 2.33. The van der Waals surface area contributed by atoms with E-state index in [-0.39, 0.29) is 0 Å². The van der Waals surface area contributed by atoms with Gasteiger partial charge in [-0.05, 0) is 18.2 Å². The monoisotopic (exact) mass is 249 g/mol. The first-order valence-electron chi connectivity index (χ1n) is 5.74. The Labute approximate surface area is 105 Å². The van der Waals surface area contributed by atoms with Gasteiger partial charge < -0.3 is 20.2 Å². The lowest BCUT2D eigenvalue weighted by Gasteiger charge is -2.34. The molecule has 96 valence electrons. The highest BCUT2D eigenvalue weighted by molar-refractivity contribution is 5.73. The zero-order valence-corrected chi connectivity index (χ0v) is 9.87. The standard InChI is InChI=1S/C12H15N3O3/c16-9-13-10-2-1-3-11(8-10)14-4-6-15(7-5-14)12(17)18/h1-3,8-9H,4-7H2,(H,13,16)(H,17,18). The van der Waals surface area contributed by atoms with Gasteiger partial charge in [-0.2, -0.15) is 0 Å². The van der Waals surface area contributed by atoms with Gasteiger partial charge in [-0.25, -0.2) is 4.79 Å². The number of piperazine rings is 1. The third-order valence-electron chi connectivity index (χ3n) is 2.99. The molecule has 1 fully saturated rings. The van der Waals surface area contributed by atoms with Crippen LogP contribution in [-0.4, -0.2) is 48.7 Å². The summed E-state index contributed by atoms with van der Waals surface area (Å²) in [5, 5.41) is 11.5. The quantitative estimate of drug-likeness (QED) is 0.785. The highest BCUT2D eigenvalue weighted by Gasteiger charge is 2.20. The molecule has 0 aliphatic carbocycles. The summed E-state index contributed by atoms with van der Waals surface area (Å²) in [7, 11) is 0. The van der Waals surface area contributed by atoms with Crippen molar-refractivity contribution >= 4 is 23.9 Å². The second-order valence-electron chi connectivity index (χ2n) is 4.07. The number of carbonyl (C=O) groups excluding carboxylic acids is 1. The van der Waals surface area contributed by atoms with Crippen molar-refractivity contribution < 1.29 is 14.7 Å². The molecule has 0 radical (unpaired) electrons. The third kappa shape index (κ3) is 2.71. The minimum atomic E-state index is -0.869. The zero-order chi connectivity index (χ0) is 13.0. The Hall–Kier alpha value is -2.24. The molecule has 1 aromatic rings. The Morgan fingerprint density at radius 3 is 2.61 bits per heavy atom. The van der Waals surface area contributed by atoms with Crippen LogP contribution in [0, 0.1) is 0 Å². The number of nitrogens with one attached hydrogen (secondary N) is 1. The summed E-state index contributed by atoms with van der Waals surface area (Å²) in [6, 6.07) is 7.51. The van der Waals surface area contributed by atoms with E-state index in [0.717, 1.165) is 11.4 Å². The molecule has 1 aliphatic heterocycles. The fourth-order valence-corrected chi connectivity index (χ4v) is 2.02. The number of nitrogens with zero attached hydrogens (tertiary/aromatic N) is 2. The highest BCUT2D eigenvalue weighted by Crippen LogP contribution is 2.20. The molecule has 6 heteroatoms. The molecule has 2 rings (SSSR count). The molecule has 0 unspecified atom stereocenters. The van der Waals surface area contributed by atoms with Crippen LogP contribution in [0.4, 0.5) is 16.2 Å². The van der Waals surface area contributed by atoms with Gasteiger partial charge in [-0.3, -0.25) is 4.79 Å². The molecule has 0 spiro atoms.